The number of carbonyl (C=O) groups is 1. The predicted molar refractivity (Wildman–Crippen MR) is 143 cm³/mol. The molecule has 0 spiro atoms. The van der Waals surface area contributed by atoms with E-state index in [0.717, 1.165) is 27.9 Å². The van der Waals surface area contributed by atoms with Crippen LogP contribution in [0.4, 0.5) is 5.69 Å². The Hall–Kier alpha value is -4.03. The second-order valence-corrected chi connectivity index (χ2v) is 9.71. The van der Waals surface area contributed by atoms with Crippen molar-refractivity contribution in [2.45, 2.75) is 26.7 Å². The van der Waals surface area contributed by atoms with Gasteiger partial charge < -0.3 is 10.3 Å². The Kier molecular flexibility index (Phi) is 6.05. The van der Waals surface area contributed by atoms with E-state index in [4.69, 9.17) is 4.98 Å². The van der Waals surface area contributed by atoms with E-state index in [9.17, 15) is 9.59 Å². The van der Waals surface area contributed by atoms with Crippen molar-refractivity contribution in [3.05, 3.63) is 128 Å². The third-order valence-electron chi connectivity index (χ3n) is 6.19. The summed E-state index contributed by atoms with van der Waals surface area (Å²) in [5.41, 5.74) is 5.35. The molecule has 0 radical (unpaired) electrons. The highest BCUT2D eigenvalue weighted by Crippen LogP contribution is 2.33. The van der Waals surface area contributed by atoms with Crippen molar-refractivity contribution in [2.24, 2.45) is 0 Å². The molecule has 5 aromatic rings. The molecule has 0 saturated heterocycles. The lowest BCUT2D eigenvalue weighted by Gasteiger charge is -2.17. The van der Waals surface area contributed by atoms with E-state index in [0.29, 0.717) is 26.5 Å². The summed E-state index contributed by atoms with van der Waals surface area (Å²) in [7, 11) is 0. The van der Waals surface area contributed by atoms with E-state index in [2.05, 4.69) is 10.3 Å². The van der Waals surface area contributed by atoms with Crippen LogP contribution in [0, 0.1) is 20.8 Å². The fraction of sp³-hybridized carbons (Fsp3) is 0.138. The van der Waals surface area contributed by atoms with Crippen LogP contribution in [0.5, 0.6) is 0 Å². The molecule has 5 nitrogen and oxygen atoms in total. The summed E-state index contributed by atoms with van der Waals surface area (Å²) in [6.45, 7) is 5.78. The number of carbonyl (C=O) groups excluding carboxylic acids is 1. The zero-order chi connectivity index (χ0) is 24.5. The summed E-state index contributed by atoms with van der Waals surface area (Å²) >= 11 is 1.25. The minimum absolute atomic E-state index is 0.232. The number of nitrogens with zero attached hydrogens (tertiary/aromatic N) is 1. The number of nitrogens with one attached hydrogen (secondary N) is 2. The third-order valence-corrected chi connectivity index (χ3v) is 7.38. The first-order chi connectivity index (χ1) is 16.9. The van der Waals surface area contributed by atoms with Gasteiger partial charge in [-0.05, 0) is 49.1 Å². The van der Waals surface area contributed by atoms with Crippen molar-refractivity contribution >= 4 is 33.1 Å². The Labute approximate surface area is 207 Å². The summed E-state index contributed by atoms with van der Waals surface area (Å²) in [6, 6.07) is 25.9. The van der Waals surface area contributed by atoms with Crippen molar-refractivity contribution in [1.29, 1.82) is 0 Å². The number of hydrogen-bond donors (Lipinski definition) is 2. The van der Waals surface area contributed by atoms with Crippen LogP contribution in [0.3, 0.4) is 0 Å². The average Bonchev–Trinajstić information content (AvgIpc) is 3.19. The smallest absolute Gasteiger partial charge is 0.266 e. The fourth-order valence-corrected chi connectivity index (χ4v) is 5.53. The quantitative estimate of drug-likeness (QED) is 0.309. The lowest BCUT2D eigenvalue weighted by molar-refractivity contribution is 0.103. The second-order valence-electron chi connectivity index (χ2n) is 8.71. The Morgan fingerprint density at radius 1 is 0.914 bits per heavy atom. The van der Waals surface area contributed by atoms with Crippen molar-refractivity contribution < 1.29 is 4.79 Å². The van der Waals surface area contributed by atoms with Gasteiger partial charge in [-0.2, -0.15) is 0 Å². The van der Waals surface area contributed by atoms with Gasteiger partial charge in [0.05, 0.1) is 16.2 Å². The topological polar surface area (TPSA) is 74.8 Å². The van der Waals surface area contributed by atoms with Crippen LogP contribution in [0.2, 0.25) is 0 Å². The van der Waals surface area contributed by atoms with Gasteiger partial charge in [-0.3, -0.25) is 9.59 Å². The number of aromatic amines is 1. The second kappa shape index (κ2) is 9.31. The monoisotopic (exact) mass is 479 g/mol. The molecule has 2 heterocycles. The van der Waals surface area contributed by atoms with Crippen LogP contribution in [0.25, 0.3) is 10.2 Å². The van der Waals surface area contributed by atoms with Crippen LogP contribution in [0.1, 0.15) is 49.2 Å². The molecule has 0 fully saturated rings. The standard InChI is InChI=1S/C29H25N3O2S/c1-17-14-15-22(18(2)16-17)30-28(34)25-19(3)23-27(33)31-26(32-29(23)35-25)24(20-10-6-4-7-11-20)21-12-8-5-9-13-21/h4-16,24H,1-3H3,(H,30,34)(H,31,32,33). The third kappa shape index (κ3) is 4.40. The maximum absolute atomic E-state index is 13.3. The van der Waals surface area contributed by atoms with E-state index >= 15 is 0 Å². The molecule has 35 heavy (non-hydrogen) atoms. The number of anilines is 1. The highest BCUT2D eigenvalue weighted by molar-refractivity contribution is 7.20. The van der Waals surface area contributed by atoms with Gasteiger partial charge in [0.2, 0.25) is 0 Å². The Morgan fingerprint density at radius 2 is 1.54 bits per heavy atom. The van der Waals surface area contributed by atoms with E-state index < -0.39 is 0 Å². The van der Waals surface area contributed by atoms with Crippen molar-refractivity contribution in [3.8, 4) is 0 Å². The molecular weight excluding hydrogens is 454 g/mol. The first-order valence-electron chi connectivity index (χ1n) is 11.4. The SMILES string of the molecule is Cc1ccc(NC(=O)c2sc3nc(C(c4ccccc4)c4ccccc4)[nH]c(=O)c3c2C)c(C)c1. The molecule has 3 aromatic carbocycles. The fourth-order valence-electron chi connectivity index (χ4n) is 4.45. The molecule has 2 aromatic heterocycles. The van der Waals surface area contributed by atoms with Crippen molar-refractivity contribution in [2.75, 3.05) is 5.32 Å². The molecule has 0 unspecified atom stereocenters. The number of fused-ring (bicyclic) bond motifs is 1. The molecule has 174 valence electrons. The predicted octanol–water partition coefficient (Wildman–Crippen LogP) is 6.34. The Balaban J connectivity index is 1.59. The maximum atomic E-state index is 13.3. The Bertz CT molecular complexity index is 1550. The van der Waals surface area contributed by atoms with E-state index in [1.54, 1.807) is 6.92 Å². The number of benzene rings is 3. The molecule has 0 saturated carbocycles. The molecule has 1 amide bonds. The number of thiophene rings is 1. The van der Waals surface area contributed by atoms with Gasteiger partial charge in [-0.25, -0.2) is 4.98 Å². The van der Waals surface area contributed by atoms with Gasteiger partial charge in [0.15, 0.2) is 0 Å². The van der Waals surface area contributed by atoms with Crippen LogP contribution in [-0.2, 0) is 0 Å². The molecule has 0 atom stereocenters. The number of amides is 1. The first kappa shape index (κ1) is 22.7. The first-order valence-corrected chi connectivity index (χ1v) is 12.3. The van der Waals surface area contributed by atoms with Crippen molar-refractivity contribution in [1.82, 2.24) is 9.97 Å². The summed E-state index contributed by atoms with van der Waals surface area (Å²) in [5.74, 6) is 0.0907. The molecular formula is C29H25N3O2S. The van der Waals surface area contributed by atoms with E-state index in [1.165, 1.54) is 11.3 Å². The summed E-state index contributed by atoms with van der Waals surface area (Å²) < 4.78 is 0. The summed E-state index contributed by atoms with van der Waals surface area (Å²) in [6.07, 6.45) is 0. The van der Waals surface area contributed by atoms with Crippen LogP contribution in [-0.4, -0.2) is 15.9 Å². The molecule has 0 aliphatic heterocycles. The van der Waals surface area contributed by atoms with E-state index in [-0.39, 0.29) is 17.4 Å². The van der Waals surface area contributed by atoms with Gasteiger partial charge in [0.25, 0.3) is 11.5 Å². The minimum Gasteiger partial charge on any atom is -0.321 e. The normalized spacial score (nSPS) is 11.2. The van der Waals surface area contributed by atoms with Gasteiger partial charge in [-0.1, -0.05) is 78.4 Å². The number of H-pyrrole nitrogens is 1. The Morgan fingerprint density at radius 3 is 2.14 bits per heavy atom. The molecule has 2 N–H and O–H groups in total. The van der Waals surface area contributed by atoms with Crippen molar-refractivity contribution in [3.63, 3.8) is 0 Å². The van der Waals surface area contributed by atoms with Crippen LogP contribution in [0.15, 0.2) is 83.7 Å². The zero-order valence-electron chi connectivity index (χ0n) is 19.8. The molecule has 0 bridgehead atoms. The summed E-state index contributed by atoms with van der Waals surface area (Å²) in [5, 5.41) is 3.46. The number of rotatable bonds is 5. The molecule has 6 heteroatoms. The minimum atomic E-state index is -0.235. The molecule has 5 rings (SSSR count). The number of aryl methyl sites for hydroxylation is 3. The molecule has 0 aliphatic carbocycles. The average molecular weight is 480 g/mol. The lowest BCUT2D eigenvalue weighted by Crippen LogP contribution is -2.16. The zero-order valence-corrected chi connectivity index (χ0v) is 20.6. The highest BCUT2D eigenvalue weighted by Gasteiger charge is 2.24. The van der Waals surface area contributed by atoms with Gasteiger partial charge in [-0.15, -0.1) is 11.3 Å². The number of hydrogen-bond acceptors (Lipinski definition) is 4. The van der Waals surface area contributed by atoms with Gasteiger partial charge in [0.1, 0.15) is 10.7 Å². The lowest BCUT2D eigenvalue weighted by atomic mass is 9.90. The number of aromatic nitrogens is 2. The summed E-state index contributed by atoms with van der Waals surface area (Å²) in [4.78, 5) is 35.4. The highest BCUT2D eigenvalue weighted by atomic mass is 32.1. The maximum Gasteiger partial charge on any atom is 0.266 e. The van der Waals surface area contributed by atoms with Crippen LogP contribution < -0.4 is 10.9 Å². The largest absolute Gasteiger partial charge is 0.321 e. The van der Waals surface area contributed by atoms with Crippen LogP contribution >= 0.6 is 11.3 Å². The van der Waals surface area contributed by atoms with Gasteiger partial charge in [0, 0.05) is 5.69 Å². The molecule has 0 aliphatic rings. The van der Waals surface area contributed by atoms with E-state index in [1.807, 2.05) is 92.7 Å². The van der Waals surface area contributed by atoms with Gasteiger partial charge >= 0.3 is 0 Å².